The summed E-state index contributed by atoms with van der Waals surface area (Å²) in [6, 6.07) is 17.3. The van der Waals surface area contributed by atoms with E-state index in [1.54, 1.807) is 4.90 Å². The molecular weight excluding hydrogens is 416 g/mol. The van der Waals surface area contributed by atoms with Gasteiger partial charge in [-0.05, 0) is 24.8 Å². The molecule has 3 N–H and O–H groups in total. The van der Waals surface area contributed by atoms with E-state index >= 15 is 0 Å². The van der Waals surface area contributed by atoms with Gasteiger partial charge in [0.05, 0.1) is 11.4 Å². The summed E-state index contributed by atoms with van der Waals surface area (Å²) < 4.78 is 0. The van der Waals surface area contributed by atoms with Gasteiger partial charge in [0, 0.05) is 30.0 Å². The molecule has 0 aromatic heterocycles. The zero-order valence-electron chi connectivity index (χ0n) is 19.5. The van der Waals surface area contributed by atoms with Crippen molar-refractivity contribution in [3.05, 3.63) is 65.7 Å². The Morgan fingerprint density at radius 3 is 2.39 bits per heavy atom. The second-order valence-electron chi connectivity index (χ2n) is 8.76. The number of benzene rings is 2. The van der Waals surface area contributed by atoms with E-state index in [9.17, 15) is 14.4 Å². The number of rotatable bonds is 9. The Morgan fingerprint density at radius 2 is 1.76 bits per heavy atom. The van der Waals surface area contributed by atoms with Crippen molar-refractivity contribution in [2.24, 2.45) is 22.6 Å². The third-order valence-electron chi connectivity index (χ3n) is 5.56. The van der Waals surface area contributed by atoms with Crippen molar-refractivity contribution >= 4 is 29.1 Å². The van der Waals surface area contributed by atoms with Crippen LogP contribution in [0.15, 0.2) is 59.6 Å². The van der Waals surface area contributed by atoms with Crippen molar-refractivity contribution in [2.45, 2.75) is 46.2 Å². The van der Waals surface area contributed by atoms with Gasteiger partial charge in [-0.15, -0.1) is 0 Å². The summed E-state index contributed by atoms with van der Waals surface area (Å²) in [5.74, 6) is -1.66. The maximum absolute atomic E-state index is 13.6. The molecule has 3 amide bonds. The summed E-state index contributed by atoms with van der Waals surface area (Å²) >= 11 is 0. The Kier molecular flexibility index (Phi) is 7.98. The molecule has 0 spiro atoms. The largest absolute Gasteiger partial charge is 0.370 e. The molecule has 0 saturated carbocycles. The van der Waals surface area contributed by atoms with Crippen molar-refractivity contribution < 1.29 is 14.4 Å². The summed E-state index contributed by atoms with van der Waals surface area (Å²) in [4.78, 5) is 44.8. The first-order chi connectivity index (χ1) is 15.8. The van der Waals surface area contributed by atoms with Crippen molar-refractivity contribution in [1.29, 1.82) is 0 Å². The van der Waals surface area contributed by atoms with Crippen molar-refractivity contribution in [2.75, 3.05) is 11.4 Å². The lowest BCUT2D eigenvalue weighted by molar-refractivity contribution is -0.132. The van der Waals surface area contributed by atoms with Crippen molar-refractivity contribution in [1.82, 2.24) is 5.32 Å². The molecule has 3 rings (SSSR count). The summed E-state index contributed by atoms with van der Waals surface area (Å²) in [7, 11) is 0. The molecule has 0 radical (unpaired) electrons. The van der Waals surface area contributed by atoms with Gasteiger partial charge >= 0.3 is 0 Å². The normalized spacial score (nSPS) is 16.6. The number of amides is 3. The Morgan fingerprint density at radius 1 is 1.09 bits per heavy atom. The number of nitrogens with zero attached hydrogens (tertiary/aromatic N) is 2. The predicted molar refractivity (Wildman–Crippen MR) is 130 cm³/mol. The van der Waals surface area contributed by atoms with Gasteiger partial charge in [0.25, 0.3) is 5.91 Å². The van der Waals surface area contributed by atoms with Gasteiger partial charge in [0.1, 0.15) is 0 Å². The number of hydrogen-bond donors (Lipinski definition) is 2. The van der Waals surface area contributed by atoms with Crippen LogP contribution in [0.4, 0.5) is 5.69 Å². The van der Waals surface area contributed by atoms with E-state index in [1.165, 1.54) is 0 Å². The average Bonchev–Trinajstić information content (AvgIpc) is 2.89. The van der Waals surface area contributed by atoms with E-state index < -0.39 is 18.0 Å². The lowest BCUT2D eigenvalue weighted by atomic mass is 9.93. The summed E-state index contributed by atoms with van der Waals surface area (Å²) in [6.45, 7) is 6.45. The number of nitrogens with one attached hydrogen (secondary N) is 1. The molecule has 0 fully saturated rings. The van der Waals surface area contributed by atoms with E-state index in [0.29, 0.717) is 18.7 Å². The average molecular weight is 449 g/mol. The van der Waals surface area contributed by atoms with Gasteiger partial charge in [-0.3, -0.25) is 14.4 Å². The lowest BCUT2D eigenvalue weighted by Gasteiger charge is -2.26. The molecule has 0 saturated heterocycles. The monoisotopic (exact) mass is 448 g/mol. The minimum atomic E-state index is -1.10. The van der Waals surface area contributed by atoms with E-state index in [2.05, 4.69) is 5.32 Å². The highest BCUT2D eigenvalue weighted by Gasteiger charge is 2.34. The number of carbonyl (C=O) groups excluding carboxylic acids is 3. The van der Waals surface area contributed by atoms with Gasteiger partial charge in [0.15, 0.2) is 0 Å². The van der Waals surface area contributed by atoms with E-state index in [0.717, 1.165) is 23.2 Å². The molecule has 1 heterocycles. The molecule has 174 valence electrons. The number of anilines is 1. The predicted octanol–water partition coefficient (Wildman–Crippen LogP) is 3.26. The minimum absolute atomic E-state index is 0.0704. The smallest absolute Gasteiger partial charge is 0.272 e. The lowest BCUT2D eigenvalue weighted by Crippen LogP contribution is -2.49. The molecule has 2 aromatic carbocycles. The molecule has 2 unspecified atom stereocenters. The number of carbonyl (C=O) groups is 3. The highest BCUT2D eigenvalue weighted by atomic mass is 16.2. The highest BCUT2D eigenvalue weighted by molar-refractivity contribution is 6.20. The Hall–Kier alpha value is -3.48. The van der Waals surface area contributed by atoms with Crippen LogP contribution in [0.5, 0.6) is 0 Å². The first kappa shape index (κ1) is 24.2. The highest BCUT2D eigenvalue weighted by Crippen LogP contribution is 2.28. The summed E-state index contributed by atoms with van der Waals surface area (Å²) in [6.07, 6.45) is 0.0660. The fraction of sp³-hybridized carbons (Fsp3) is 0.385. The van der Waals surface area contributed by atoms with Gasteiger partial charge in [-0.2, -0.15) is 0 Å². The summed E-state index contributed by atoms with van der Waals surface area (Å²) in [5, 5.41) is 2.82. The van der Waals surface area contributed by atoms with Crippen LogP contribution >= 0.6 is 0 Å². The zero-order chi connectivity index (χ0) is 24.0. The van der Waals surface area contributed by atoms with Crippen LogP contribution in [-0.2, 0) is 14.4 Å². The first-order valence-electron chi connectivity index (χ1n) is 11.4. The molecular formula is C26H32N4O3. The Balaban J connectivity index is 2.05. The van der Waals surface area contributed by atoms with Crippen LogP contribution < -0.4 is 16.0 Å². The molecule has 2 aromatic rings. The maximum Gasteiger partial charge on any atom is 0.272 e. The minimum Gasteiger partial charge on any atom is -0.370 e. The zero-order valence-corrected chi connectivity index (χ0v) is 19.5. The Labute approximate surface area is 195 Å². The molecule has 7 heteroatoms. The second-order valence-corrected chi connectivity index (χ2v) is 8.76. The SMILES string of the molecule is CCCN1C(=O)C(NC(=O)C(CC(N)=O)CC(C)C)N=C(c2ccccc2)c2ccccc21. The van der Waals surface area contributed by atoms with Gasteiger partial charge < -0.3 is 16.0 Å². The van der Waals surface area contributed by atoms with Crippen LogP contribution in [0.3, 0.4) is 0 Å². The third kappa shape index (κ3) is 5.86. The van der Waals surface area contributed by atoms with Crippen LogP contribution in [0, 0.1) is 11.8 Å². The number of fused-ring (bicyclic) bond motifs is 1. The number of benzodiazepines with no additional fused rings is 1. The van der Waals surface area contributed by atoms with Crippen molar-refractivity contribution in [3.8, 4) is 0 Å². The topological polar surface area (TPSA) is 105 Å². The van der Waals surface area contributed by atoms with Crippen LogP contribution in [-0.4, -0.2) is 36.1 Å². The van der Waals surface area contributed by atoms with E-state index in [4.69, 9.17) is 10.7 Å². The van der Waals surface area contributed by atoms with Gasteiger partial charge in [-0.1, -0.05) is 69.3 Å². The number of primary amides is 1. The number of para-hydroxylation sites is 1. The molecule has 2 atom stereocenters. The van der Waals surface area contributed by atoms with Crippen molar-refractivity contribution in [3.63, 3.8) is 0 Å². The molecule has 33 heavy (non-hydrogen) atoms. The second kappa shape index (κ2) is 10.9. The van der Waals surface area contributed by atoms with Gasteiger partial charge in [-0.25, -0.2) is 4.99 Å². The molecule has 1 aliphatic rings. The number of hydrogen-bond acceptors (Lipinski definition) is 4. The fourth-order valence-electron chi connectivity index (χ4n) is 4.15. The van der Waals surface area contributed by atoms with Crippen LogP contribution in [0.2, 0.25) is 0 Å². The molecule has 1 aliphatic heterocycles. The van der Waals surface area contributed by atoms with E-state index in [-0.39, 0.29) is 24.2 Å². The number of aliphatic imine (C=N–C) groups is 1. The Bertz CT molecular complexity index is 1030. The molecule has 0 aliphatic carbocycles. The first-order valence-corrected chi connectivity index (χ1v) is 11.4. The van der Waals surface area contributed by atoms with E-state index in [1.807, 2.05) is 75.4 Å². The van der Waals surface area contributed by atoms with Gasteiger partial charge in [0.2, 0.25) is 18.0 Å². The summed E-state index contributed by atoms with van der Waals surface area (Å²) in [5.41, 5.74) is 8.47. The number of nitrogens with two attached hydrogens (primary N) is 1. The molecule has 0 bridgehead atoms. The quantitative estimate of drug-likeness (QED) is 0.615. The third-order valence-corrected chi connectivity index (χ3v) is 5.56. The van der Waals surface area contributed by atoms with Crippen LogP contribution in [0.1, 0.15) is 51.2 Å². The maximum atomic E-state index is 13.6. The molecule has 7 nitrogen and oxygen atoms in total. The standard InChI is InChI=1S/C26H32N4O3/c1-4-14-30-21-13-9-8-12-20(21)23(18-10-6-5-7-11-18)28-24(26(30)33)29-25(32)19(15-17(2)3)16-22(27)31/h5-13,17,19,24H,4,14-16H2,1-3H3,(H2,27,31)(H,29,32). The van der Waals surface area contributed by atoms with Crippen LogP contribution in [0.25, 0.3) is 0 Å². The fourth-order valence-corrected chi connectivity index (χ4v) is 4.15.